The fraction of sp³-hybridized carbons (Fsp3) is 0.286. The molecule has 14 heteroatoms. The number of ether oxygens (including phenoxy) is 1. The molecule has 0 saturated carbocycles. The number of halogens is 1. The number of imidazole rings is 1. The van der Waals surface area contributed by atoms with Crippen LogP contribution in [0.3, 0.4) is 0 Å². The van der Waals surface area contributed by atoms with Crippen LogP contribution in [0.5, 0.6) is 6.01 Å². The summed E-state index contributed by atoms with van der Waals surface area (Å²) in [4.78, 5) is 35.1. The maximum absolute atomic E-state index is 14.7. The van der Waals surface area contributed by atoms with E-state index in [1.165, 1.54) is 0 Å². The van der Waals surface area contributed by atoms with Gasteiger partial charge in [-0.25, -0.2) is 14.6 Å². The summed E-state index contributed by atoms with van der Waals surface area (Å²) in [6.45, 7) is 3.67. The largest absolute Gasteiger partial charge is 0.467 e. The number of hydrogen-bond acceptors (Lipinski definition) is 9. The average molecular weight is 676 g/mol. The van der Waals surface area contributed by atoms with Crippen molar-refractivity contribution in [2.75, 3.05) is 25.6 Å². The molecule has 0 fully saturated rings. The third-order valence-electron chi connectivity index (χ3n) is 9.38. The smallest absolute Gasteiger partial charge is 0.318 e. The number of H-pyrrole nitrogens is 1. The predicted octanol–water partition coefficient (Wildman–Crippen LogP) is 5.18. The second-order valence-electron chi connectivity index (χ2n) is 12.3. The number of aromatic amines is 1. The van der Waals surface area contributed by atoms with Gasteiger partial charge in [-0.1, -0.05) is 35.0 Å². The number of benzene rings is 2. The molecule has 1 unspecified atom stereocenters. The summed E-state index contributed by atoms with van der Waals surface area (Å²) in [5, 5.41) is 14.6. The van der Waals surface area contributed by atoms with Crippen LogP contribution in [0.1, 0.15) is 56.7 Å². The van der Waals surface area contributed by atoms with Crippen molar-refractivity contribution < 1.29 is 9.53 Å². The van der Waals surface area contributed by atoms with Gasteiger partial charge in [-0.15, -0.1) is 5.10 Å². The Morgan fingerprint density at radius 3 is 2.80 bits per heavy atom. The molecule has 6 heterocycles. The zero-order valence-corrected chi connectivity index (χ0v) is 28.1. The van der Waals surface area contributed by atoms with E-state index in [9.17, 15) is 4.79 Å². The molecule has 13 nitrogen and oxygen atoms in total. The molecule has 0 spiro atoms. The number of methoxy groups -OCH3 is 1. The Balaban J connectivity index is 1.10. The molecule has 248 valence electrons. The number of hydrogen-bond donors (Lipinski definition) is 1. The Labute approximate surface area is 287 Å². The highest BCUT2D eigenvalue weighted by Crippen LogP contribution is 2.37. The second kappa shape index (κ2) is 12.5. The van der Waals surface area contributed by atoms with Gasteiger partial charge >= 0.3 is 6.01 Å². The first-order valence-electron chi connectivity index (χ1n) is 16.2. The molecule has 1 N–H and O–H groups in total. The van der Waals surface area contributed by atoms with E-state index in [2.05, 4.69) is 42.4 Å². The fourth-order valence-corrected chi connectivity index (χ4v) is 6.99. The number of aryl methyl sites for hydroxylation is 2. The number of fused-ring (bicyclic) bond motifs is 2. The van der Waals surface area contributed by atoms with Gasteiger partial charge in [-0.3, -0.25) is 9.48 Å². The van der Waals surface area contributed by atoms with Gasteiger partial charge in [0.25, 0.3) is 5.91 Å². The third-order valence-corrected chi connectivity index (χ3v) is 9.63. The topological polar surface area (TPSA) is 136 Å². The average Bonchev–Trinajstić information content (AvgIpc) is 3.94. The van der Waals surface area contributed by atoms with Crippen molar-refractivity contribution in [2.24, 2.45) is 0 Å². The van der Waals surface area contributed by atoms with Crippen LogP contribution in [0.25, 0.3) is 11.3 Å². The second-order valence-corrected chi connectivity index (χ2v) is 12.8. The summed E-state index contributed by atoms with van der Waals surface area (Å²) >= 11 is 6.24. The van der Waals surface area contributed by atoms with Crippen molar-refractivity contribution in [1.29, 1.82) is 0 Å². The van der Waals surface area contributed by atoms with Gasteiger partial charge < -0.3 is 19.5 Å². The summed E-state index contributed by atoms with van der Waals surface area (Å²) in [6, 6.07) is 15.6. The molecular formula is C35H34ClN11O2. The van der Waals surface area contributed by atoms with Crippen LogP contribution in [0, 0.1) is 6.92 Å². The summed E-state index contributed by atoms with van der Waals surface area (Å²) in [5.74, 6) is 0.644. The lowest BCUT2D eigenvalue weighted by Crippen LogP contribution is -2.41. The van der Waals surface area contributed by atoms with Crippen molar-refractivity contribution in [3.05, 3.63) is 112 Å². The quantitative estimate of drug-likeness (QED) is 0.232. The fourth-order valence-electron chi connectivity index (χ4n) is 6.86. The van der Waals surface area contributed by atoms with Crippen LogP contribution in [0.2, 0.25) is 5.02 Å². The van der Waals surface area contributed by atoms with Crippen LogP contribution in [0.15, 0.2) is 67.3 Å². The van der Waals surface area contributed by atoms with Crippen LogP contribution >= 0.6 is 11.6 Å². The minimum Gasteiger partial charge on any atom is -0.467 e. The van der Waals surface area contributed by atoms with Crippen molar-refractivity contribution in [3.8, 4) is 17.3 Å². The molecule has 2 aliphatic heterocycles. The van der Waals surface area contributed by atoms with E-state index in [0.29, 0.717) is 47.6 Å². The Hall–Kier alpha value is -5.56. The molecule has 1 atom stereocenters. The number of aromatic nitrogens is 9. The Morgan fingerprint density at radius 2 is 1.96 bits per heavy atom. The summed E-state index contributed by atoms with van der Waals surface area (Å²) in [7, 11) is 3.49. The Kier molecular flexibility index (Phi) is 7.83. The molecule has 49 heavy (non-hydrogen) atoms. The number of nitrogens with zero attached hydrogens (tertiary/aromatic N) is 10. The van der Waals surface area contributed by atoms with E-state index in [0.717, 1.165) is 64.5 Å². The number of rotatable bonds is 8. The Bertz CT molecular complexity index is 2170. The number of nitrogens with one attached hydrogen (secondary N) is 1. The first-order valence-corrected chi connectivity index (χ1v) is 16.5. The maximum Gasteiger partial charge on any atom is 0.318 e. The lowest BCUT2D eigenvalue weighted by molar-refractivity contribution is 0.0688. The van der Waals surface area contributed by atoms with Gasteiger partial charge in [0.2, 0.25) is 0 Å². The van der Waals surface area contributed by atoms with E-state index >= 15 is 0 Å². The summed E-state index contributed by atoms with van der Waals surface area (Å²) < 4.78 is 8.95. The van der Waals surface area contributed by atoms with E-state index in [-0.39, 0.29) is 11.9 Å². The first kappa shape index (κ1) is 30.8. The molecule has 0 saturated heterocycles. The van der Waals surface area contributed by atoms with Crippen LogP contribution in [-0.4, -0.2) is 76.2 Å². The SMILES string of the molecule is COc1nccc(N(C)c2ccc(C)c(-c3cn(Cc4nn5c(c4C(=O)N4CCc6[nH]cnc6C4c4ccc(Cl)cc4)CCC5)nn3)c2)n1. The van der Waals surface area contributed by atoms with Gasteiger partial charge in [0.05, 0.1) is 48.8 Å². The molecule has 0 radical (unpaired) electrons. The highest BCUT2D eigenvalue weighted by atomic mass is 35.5. The number of carbonyl (C=O) groups is 1. The monoisotopic (exact) mass is 675 g/mol. The van der Waals surface area contributed by atoms with Gasteiger partial charge in [-0.05, 0) is 61.2 Å². The molecule has 6 aromatic rings. The molecule has 8 rings (SSSR count). The first-order chi connectivity index (χ1) is 23.9. The minimum absolute atomic E-state index is 0.0555. The highest BCUT2D eigenvalue weighted by Gasteiger charge is 2.38. The van der Waals surface area contributed by atoms with E-state index in [1.54, 1.807) is 24.3 Å². The summed E-state index contributed by atoms with van der Waals surface area (Å²) in [6.07, 6.45) is 7.71. The lowest BCUT2D eigenvalue weighted by Gasteiger charge is -2.35. The standard InChI is InChI=1S/C35H34ClN11O2/c1-21-6-11-24(44(2)30-12-14-37-35(40-30)49-3)17-25(21)27-18-45(43-41-27)19-28-31(29-5-4-15-47(29)42-28)34(48)46-16-13-26-32(39-20-38-26)33(46)22-7-9-23(36)10-8-22/h6-12,14,17-18,20,33H,4-5,13,15-16,19H2,1-3H3,(H,38,39). The van der Waals surface area contributed by atoms with Crippen LogP contribution in [0.4, 0.5) is 11.5 Å². The predicted molar refractivity (Wildman–Crippen MR) is 183 cm³/mol. The van der Waals surface area contributed by atoms with Crippen LogP contribution in [-0.2, 0) is 25.9 Å². The number of anilines is 2. The lowest BCUT2D eigenvalue weighted by atomic mass is 9.94. The third kappa shape index (κ3) is 5.59. The zero-order valence-electron chi connectivity index (χ0n) is 27.3. The normalized spacial score (nSPS) is 15.3. The van der Waals surface area contributed by atoms with Crippen molar-refractivity contribution >= 4 is 29.0 Å². The van der Waals surface area contributed by atoms with Crippen molar-refractivity contribution in [2.45, 2.75) is 45.3 Å². The van der Waals surface area contributed by atoms with E-state index < -0.39 is 0 Å². The van der Waals surface area contributed by atoms with Crippen molar-refractivity contribution in [3.63, 3.8) is 0 Å². The molecule has 1 amide bonds. The number of carbonyl (C=O) groups excluding carboxylic acids is 1. The molecule has 0 bridgehead atoms. The van der Waals surface area contributed by atoms with Gasteiger partial charge in [0.1, 0.15) is 17.6 Å². The van der Waals surface area contributed by atoms with E-state index in [1.807, 2.05) is 71.0 Å². The molecule has 2 aromatic carbocycles. The van der Waals surface area contributed by atoms with Gasteiger partial charge in [-0.2, -0.15) is 10.1 Å². The van der Waals surface area contributed by atoms with E-state index in [4.69, 9.17) is 21.4 Å². The van der Waals surface area contributed by atoms with Gasteiger partial charge in [0, 0.05) is 54.7 Å². The molecule has 2 aliphatic rings. The number of amides is 1. The molecule has 0 aliphatic carbocycles. The van der Waals surface area contributed by atoms with Crippen molar-refractivity contribution in [1.82, 2.24) is 49.6 Å². The van der Waals surface area contributed by atoms with Gasteiger partial charge in [0.15, 0.2) is 0 Å². The maximum atomic E-state index is 14.7. The summed E-state index contributed by atoms with van der Waals surface area (Å²) in [5.41, 5.74) is 8.79. The Morgan fingerprint density at radius 1 is 1.10 bits per heavy atom. The highest BCUT2D eigenvalue weighted by molar-refractivity contribution is 6.30. The minimum atomic E-state index is -0.348. The van der Waals surface area contributed by atoms with Crippen LogP contribution < -0.4 is 9.64 Å². The molecule has 4 aromatic heterocycles. The molecular weight excluding hydrogens is 642 g/mol. The zero-order chi connectivity index (χ0) is 33.6.